The molecule has 0 aliphatic heterocycles. The zero-order chi connectivity index (χ0) is 9.97. The maximum Gasteiger partial charge on any atom is 0.290 e. The molecule has 0 saturated heterocycles. The highest BCUT2D eigenvalue weighted by Crippen LogP contribution is 2.13. The lowest BCUT2D eigenvalue weighted by molar-refractivity contribution is 0.189. The Bertz CT molecular complexity index is 507. The van der Waals surface area contributed by atoms with Crippen molar-refractivity contribution in [2.24, 2.45) is 0 Å². The second-order valence-corrected chi connectivity index (χ2v) is 2.80. The minimum atomic E-state index is -0.999. The Kier molecular flexibility index (Phi) is 2.18. The first kappa shape index (κ1) is 8.74. The highest BCUT2D eigenvalue weighted by Gasteiger charge is 2.02. The number of alkyl halides is 1. The molecule has 72 valence electrons. The van der Waals surface area contributed by atoms with Gasteiger partial charge in [0.15, 0.2) is 5.75 Å². The lowest BCUT2D eigenvalue weighted by Gasteiger charge is -2.01. The number of hydrogen-bond acceptors (Lipinski definition) is 2. The van der Waals surface area contributed by atoms with Gasteiger partial charge in [0.2, 0.25) is 6.86 Å². The van der Waals surface area contributed by atoms with Crippen LogP contribution in [0.15, 0.2) is 35.1 Å². The summed E-state index contributed by atoms with van der Waals surface area (Å²) in [5.74, 6) is 0.00574. The van der Waals surface area contributed by atoms with Gasteiger partial charge in [-0.3, -0.25) is 4.79 Å². The zero-order valence-corrected chi connectivity index (χ0v) is 7.29. The number of pyridine rings is 1. The Morgan fingerprint density at radius 3 is 2.93 bits per heavy atom. The van der Waals surface area contributed by atoms with Crippen molar-refractivity contribution in [3.63, 3.8) is 0 Å². The first-order valence-corrected chi connectivity index (χ1v) is 4.12. The van der Waals surface area contributed by atoms with Gasteiger partial charge in [0.25, 0.3) is 5.56 Å². The molecule has 1 N–H and O–H groups in total. The molecular weight excluding hydrogens is 185 g/mol. The Morgan fingerprint density at radius 2 is 2.14 bits per heavy atom. The van der Waals surface area contributed by atoms with E-state index < -0.39 is 12.4 Å². The van der Waals surface area contributed by atoms with Crippen molar-refractivity contribution in [3.8, 4) is 5.75 Å². The molecule has 0 fully saturated rings. The summed E-state index contributed by atoms with van der Waals surface area (Å²) in [7, 11) is 0. The summed E-state index contributed by atoms with van der Waals surface area (Å²) in [6.45, 7) is -0.999. The second kappa shape index (κ2) is 3.49. The standard InChI is InChI=1S/C10H8FNO2/c11-6-14-9-5-7-3-1-2-4-8(7)12-10(9)13/h1-5H,6H2,(H,12,13). The number of para-hydroxylation sites is 1. The number of halogens is 1. The predicted molar refractivity (Wildman–Crippen MR) is 51.2 cm³/mol. The van der Waals surface area contributed by atoms with Gasteiger partial charge < -0.3 is 9.72 Å². The van der Waals surface area contributed by atoms with Crippen molar-refractivity contribution in [1.29, 1.82) is 0 Å². The molecule has 0 radical (unpaired) electrons. The Balaban J connectivity index is 2.65. The monoisotopic (exact) mass is 193 g/mol. The minimum Gasteiger partial charge on any atom is -0.457 e. The summed E-state index contributed by atoms with van der Waals surface area (Å²) in [6, 6.07) is 8.76. The molecular formula is C10H8FNO2. The van der Waals surface area contributed by atoms with Gasteiger partial charge in [0, 0.05) is 10.9 Å². The van der Waals surface area contributed by atoms with Crippen LogP contribution in [0.4, 0.5) is 4.39 Å². The van der Waals surface area contributed by atoms with Gasteiger partial charge in [0.1, 0.15) is 0 Å². The third-order valence-electron chi connectivity index (χ3n) is 1.93. The number of aromatic nitrogens is 1. The zero-order valence-electron chi connectivity index (χ0n) is 7.29. The number of benzene rings is 1. The first-order valence-electron chi connectivity index (χ1n) is 4.12. The van der Waals surface area contributed by atoms with Gasteiger partial charge in [-0.05, 0) is 12.1 Å². The average molecular weight is 193 g/mol. The molecule has 14 heavy (non-hydrogen) atoms. The largest absolute Gasteiger partial charge is 0.457 e. The van der Waals surface area contributed by atoms with Crippen LogP contribution >= 0.6 is 0 Å². The van der Waals surface area contributed by atoms with Crippen LogP contribution in [-0.2, 0) is 0 Å². The number of ether oxygens (including phenoxy) is 1. The van der Waals surface area contributed by atoms with Gasteiger partial charge in [-0.15, -0.1) is 0 Å². The van der Waals surface area contributed by atoms with E-state index in [1.165, 1.54) is 6.07 Å². The van der Waals surface area contributed by atoms with E-state index in [0.717, 1.165) is 5.39 Å². The third-order valence-corrected chi connectivity index (χ3v) is 1.93. The predicted octanol–water partition coefficient (Wildman–Crippen LogP) is 1.83. The second-order valence-electron chi connectivity index (χ2n) is 2.80. The highest BCUT2D eigenvalue weighted by molar-refractivity contribution is 5.79. The molecule has 0 unspecified atom stereocenters. The quantitative estimate of drug-likeness (QED) is 0.790. The van der Waals surface area contributed by atoms with E-state index in [1.807, 2.05) is 18.2 Å². The van der Waals surface area contributed by atoms with E-state index in [9.17, 15) is 9.18 Å². The summed E-state index contributed by atoms with van der Waals surface area (Å²) in [5.41, 5.74) is 0.296. The van der Waals surface area contributed by atoms with Crippen molar-refractivity contribution in [2.75, 3.05) is 6.86 Å². The lowest BCUT2D eigenvalue weighted by Crippen LogP contribution is -2.10. The third kappa shape index (κ3) is 1.46. The molecule has 0 saturated carbocycles. The Hall–Kier alpha value is -1.84. The molecule has 0 aliphatic rings. The van der Waals surface area contributed by atoms with Crippen LogP contribution in [0.5, 0.6) is 5.75 Å². The molecule has 3 nitrogen and oxygen atoms in total. The van der Waals surface area contributed by atoms with Crippen LogP contribution in [0.3, 0.4) is 0 Å². The molecule has 1 heterocycles. The molecule has 0 atom stereocenters. The van der Waals surface area contributed by atoms with Crippen molar-refractivity contribution < 1.29 is 9.13 Å². The molecule has 0 aliphatic carbocycles. The minimum absolute atomic E-state index is 0.00574. The number of rotatable bonds is 2. The smallest absolute Gasteiger partial charge is 0.290 e. The first-order chi connectivity index (χ1) is 6.81. The Morgan fingerprint density at radius 1 is 1.36 bits per heavy atom. The van der Waals surface area contributed by atoms with E-state index in [4.69, 9.17) is 0 Å². The van der Waals surface area contributed by atoms with Crippen LogP contribution in [0, 0.1) is 0 Å². The van der Waals surface area contributed by atoms with E-state index in [0.29, 0.717) is 5.52 Å². The fourth-order valence-electron chi connectivity index (χ4n) is 1.29. The molecule has 2 rings (SSSR count). The van der Waals surface area contributed by atoms with E-state index in [2.05, 4.69) is 9.72 Å². The van der Waals surface area contributed by atoms with Gasteiger partial charge in [-0.1, -0.05) is 18.2 Å². The summed E-state index contributed by atoms with van der Waals surface area (Å²) >= 11 is 0. The van der Waals surface area contributed by atoms with Crippen LogP contribution in [0.25, 0.3) is 10.9 Å². The van der Waals surface area contributed by atoms with Crippen LogP contribution in [-0.4, -0.2) is 11.8 Å². The topological polar surface area (TPSA) is 42.1 Å². The summed E-state index contributed by atoms with van der Waals surface area (Å²) < 4.78 is 16.4. The molecule has 0 amide bonds. The molecule has 0 spiro atoms. The van der Waals surface area contributed by atoms with Crippen LogP contribution < -0.4 is 10.3 Å². The summed E-state index contributed by atoms with van der Waals surface area (Å²) in [4.78, 5) is 13.9. The van der Waals surface area contributed by atoms with Gasteiger partial charge in [0.05, 0.1) is 0 Å². The van der Waals surface area contributed by atoms with E-state index >= 15 is 0 Å². The Labute approximate surface area is 79.1 Å². The highest BCUT2D eigenvalue weighted by atomic mass is 19.1. The SMILES string of the molecule is O=c1[nH]c2ccccc2cc1OCF. The number of fused-ring (bicyclic) bond motifs is 1. The maximum absolute atomic E-state index is 11.9. The van der Waals surface area contributed by atoms with Crippen molar-refractivity contribution in [1.82, 2.24) is 4.98 Å². The summed E-state index contributed by atoms with van der Waals surface area (Å²) in [5, 5.41) is 0.815. The van der Waals surface area contributed by atoms with Crippen molar-refractivity contribution in [2.45, 2.75) is 0 Å². The maximum atomic E-state index is 11.9. The van der Waals surface area contributed by atoms with E-state index in [-0.39, 0.29) is 5.75 Å². The molecule has 0 bridgehead atoms. The number of hydrogen-bond donors (Lipinski definition) is 1. The molecule has 1 aromatic carbocycles. The summed E-state index contributed by atoms with van der Waals surface area (Å²) in [6.07, 6.45) is 0. The normalized spacial score (nSPS) is 10.4. The number of nitrogens with one attached hydrogen (secondary N) is 1. The average Bonchev–Trinajstić information content (AvgIpc) is 2.19. The van der Waals surface area contributed by atoms with Gasteiger partial charge in [-0.2, -0.15) is 0 Å². The van der Waals surface area contributed by atoms with Crippen LogP contribution in [0.1, 0.15) is 0 Å². The fraction of sp³-hybridized carbons (Fsp3) is 0.100. The number of aromatic amines is 1. The van der Waals surface area contributed by atoms with Crippen molar-refractivity contribution >= 4 is 10.9 Å². The number of H-pyrrole nitrogens is 1. The van der Waals surface area contributed by atoms with Gasteiger partial charge >= 0.3 is 0 Å². The van der Waals surface area contributed by atoms with Crippen LogP contribution in [0.2, 0.25) is 0 Å². The lowest BCUT2D eigenvalue weighted by atomic mass is 10.2. The van der Waals surface area contributed by atoms with Crippen molar-refractivity contribution in [3.05, 3.63) is 40.7 Å². The van der Waals surface area contributed by atoms with E-state index in [1.54, 1.807) is 6.07 Å². The fourth-order valence-corrected chi connectivity index (χ4v) is 1.29. The molecule has 4 heteroatoms. The van der Waals surface area contributed by atoms with Gasteiger partial charge in [-0.25, -0.2) is 4.39 Å². The molecule has 2 aromatic rings. The molecule has 1 aromatic heterocycles.